The molecule has 1 N–H and O–H groups in total. The van der Waals surface area contributed by atoms with Gasteiger partial charge >= 0.3 is 5.97 Å². The van der Waals surface area contributed by atoms with Crippen LogP contribution in [0.4, 0.5) is 0 Å². The molecule has 0 amide bonds. The SMILES string of the molecule is CC1=C(C)[C@@]2(C[C@@H](C)[C@H]3[C@H](C[C@@]4(C)c5ccc(C(C)(C)/C=C/CO)c(C)c5C(=O)C[C@]34C)O2)OC1=O. The Balaban J connectivity index is 1.60. The van der Waals surface area contributed by atoms with E-state index in [1.54, 1.807) is 6.08 Å². The van der Waals surface area contributed by atoms with Gasteiger partial charge in [0.15, 0.2) is 5.78 Å². The summed E-state index contributed by atoms with van der Waals surface area (Å²) in [7, 11) is 0. The van der Waals surface area contributed by atoms with Crippen molar-refractivity contribution in [3.05, 3.63) is 57.7 Å². The van der Waals surface area contributed by atoms with Crippen molar-refractivity contribution in [3.8, 4) is 0 Å². The Hall–Kier alpha value is -2.24. The molecule has 1 aromatic carbocycles. The van der Waals surface area contributed by atoms with Crippen LogP contribution in [-0.2, 0) is 25.1 Å². The fourth-order valence-corrected chi connectivity index (χ4v) is 8.36. The molecule has 2 aliphatic carbocycles. The summed E-state index contributed by atoms with van der Waals surface area (Å²) in [4.78, 5) is 26.3. The van der Waals surface area contributed by atoms with E-state index in [0.717, 1.165) is 34.2 Å². The van der Waals surface area contributed by atoms with Gasteiger partial charge in [-0.25, -0.2) is 4.79 Å². The molecular formula is C31H40O5. The molecule has 2 fully saturated rings. The number of allylic oxidation sites excluding steroid dienone is 1. The minimum atomic E-state index is -0.975. The Labute approximate surface area is 214 Å². The zero-order valence-corrected chi connectivity index (χ0v) is 23.0. The van der Waals surface area contributed by atoms with Crippen LogP contribution >= 0.6 is 0 Å². The Morgan fingerprint density at radius 3 is 2.44 bits per heavy atom. The molecule has 4 aliphatic rings. The molecular weight excluding hydrogens is 452 g/mol. The van der Waals surface area contributed by atoms with Crippen LogP contribution in [0.3, 0.4) is 0 Å². The minimum absolute atomic E-state index is 0.00523. The van der Waals surface area contributed by atoms with Crippen LogP contribution in [0.5, 0.6) is 0 Å². The molecule has 6 atom stereocenters. The van der Waals surface area contributed by atoms with E-state index in [1.165, 1.54) is 0 Å². The topological polar surface area (TPSA) is 72.8 Å². The van der Waals surface area contributed by atoms with E-state index in [0.29, 0.717) is 18.4 Å². The molecule has 0 bridgehead atoms. The van der Waals surface area contributed by atoms with Crippen LogP contribution in [0.25, 0.3) is 0 Å². The predicted molar refractivity (Wildman–Crippen MR) is 139 cm³/mol. The lowest BCUT2D eigenvalue weighted by atomic mass is 9.52. The normalized spacial score (nSPS) is 38.0. The molecule has 5 rings (SSSR count). The lowest BCUT2D eigenvalue weighted by Gasteiger charge is -2.52. The molecule has 0 aromatic heterocycles. The van der Waals surface area contributed by atoms with Gasteiger partial charge in [-0.2, -0.15) is 0 Å². The van der Waals surface area contributed by atoms with Gasteiger partial charge in [-0.05, 0) is 61.1 Å². The second kappa shape index (κ2) is 7.88. The lowest BCUT2D eigenvalue weighted by molar-refractivity contribution is -0.262. The Kier molecular flexibility index (Phi) is 5.56. The maximum Gasteiger partial charge on any atom is 0.336 e. The van der Waals surface area contributed by atoms with Gasteiger partial charge in [0, 0.05) is 40.4 Å². The fraction of sp³-hybridized carbons (Fsp3) is 0.613. The number of fused-ring (bicyclic) bond motifs is 5. The molecule has 36 heavy (non-hydrogen) atoms. The highest BCUT2D eigenvalue weighted by atomic mass is 16.7. The second-order valence-electron chi connectivity index (χ2n) is 12.8. The van der Waals surface area contributed by atoms with Crippen molar-refractivity contribution in [2.75, 3.05) is 6.61 Å². The van der Waals surface area contributed by atoms with Gasteiger partial charge in [0.05, 0.1) is 12.7 Å². The Bertz CT molecular complexity index is 1220. The molecule has 5 heteroatoms. The van der Waals surface area contributed by atoms with Crippen molar-refractivity contribution >= 4 is 11.8 Å². The fourth-order valence-electron chi connectivity index (χ4n) is 8.36. The summed E-state index contributed by atoms with van der Waals surface area (Å²) in [5, 5.41) is 9.31. The van der Waals surface area contributed by atoms with Crippen molar-refractivity contribution in [3.63, 3.8) is 0 Å². The largest absolute Gasteiger partial charge is 0.426 e. The lowest BCUT2D eigenvalue weighted by Crippen LogP contribution is -2.53. The van der Waals surface area contributed by atoms with Crippen LogP contribution in [0, 0.1) is 24.2 Å². The summed E-state index contributed by atoms with van der Waals surface area (Å²) in [6.45, 7) is 16.9. The Morgan fingerprint density at radius 1 is 1.14 bits per heavy atom. The van der Waals surface area contributed by atoms with E-state index < -0.39 is 5.79 Å². The van der Waals surface area contributed by atoms with Crippen molar-refractivity contribution in [1.29, 1.82) is 0 Å². The molecule has 2 aliphatic heterocycles. The number of carbonyl (C=O) groups is 2. The number of benzene rings is 1. The third-order valence-electron chi connectivity index (χ3n) is 10.4. The summed E-state index contributed by atoms with van der Waals surface area (Å²) in [5.74, 6) is -0.619. The van der Waals surface area contributed by atoms with Gasteiger partial charge in [-0.15, -0.1) is 0 Å². The molecule has 0 radical (unpaired) electrons. The molecule has 2 heterocycles. The first kappa shape index (κ1) is 25.4. The zero-order chi connectivity index (χ0) is 26.4. The number of hydrogen-bond donors (Lipinski definition) is 1. The van der Waals surface area contributed by atoms with E-state index in [1.807, 2.05) is 19.9 Å². The standard InChI is InChI=1S/C31H40O5/c1-17-14-31(20(4)18(2)27(34)36-31)35-24-16-29(7)22-11-10-21(28(5,6)12-9-13-32)19(3)25(22)23(33)15-30(29,8)26(17)24/h9-12,17,24,26,32H,13-16H2,1-8H3/b12-9+/t17-,24+,26+,29+,30-,31-/m1/s1. The van der Waals surface area contributed by atoms with Crippen LogP contribution < -0.4 is 0 Å². The maximum atomic E-state index is 13.9. The van der Waals surface area contributed by atoms with Crippen LogP contribution in [0.2, 0.25) is 0 Å². The highest BCUT2D eigenvalue weighted by Crippen LogP contribution is 2.68. The zero-order valence-electron chi connectivity index (χ0n) is 23.0. The van der Waals surface area contributed by atoms with Crippen LogP contribution in [-0.4, -0.2) is 35.4 Å². The van der Waals surface area contributed by atoms with E-state index in [2.05, 4.69) is 53.7 Å². The van der Waals surface area contributed by atoms with E-state index in [9.17, 15) is 14.7 Å². The monoisotopic (exact) mass is 492 g/mol. The molecule has 1 saturated heterocycles. The van der Waals surface area contributed by atoms with E-state index >= 15 is 0 Å². The van der Waals surface area contributed by atoms with Gasteiger partial charge < -0.3 is 14.6 Å². The van der Waals surface area contributed by atoms with E-state index in [-0.39, 0.29) is 52.5 Å². The number of ether oxygens (including phenoxy) is 2. The number of Topliss-reactive ketones (excluding diaryl/α,β-unsaturated/α-hetero) is 1. The summed E-state index contributed by atoms with van der Waals surface area (Å²) < 4.78 is 12.6. The van der Waals surface area contributed by atoms with Crippen LogP contribution in [0.15, 0.2) is 35.4 Å². The number of esters is 1. The molecule has 1 spiro atoms. The molecule has 5 nitrogen and oxygen atoms in total. The first-order valence-corrected chi connectivity index (χ1v) is 13.3. The number of ketones is 1. The first-order valence-electron chi connectivity index (χ1n) is 13.3. The quantitative estimate of drug-likeness (QED) is 0.432. The summed E-state index contributed by atoms with van der Waals surface area (Å²) in [6, 6.07) is 4.34. The number of rotatable bonds is 3. The summed E-state index contributed by atoms with van der Waals surface area (Å²) in [5.41, 5.74) is 4.87. The smallest absolute Gasteiger partial charge is 0.336 e. The highest BCUT2D eigenvalue weighted by Gasteiger charge is 2.68. The average molecular weight is 493 g/mol. The third-order valence-corrected chi connectivity index (χ3v) is 10.4. The number of carbonyl (C=O) groups excluding carboxylic acids is 2. The van der Waals surface area contributed by atoms with Crippen molar-refractivity contribution in [2.45, 2.75) is 97.4 Å². The third kappa shape index (κ3) is 3.14. The molecule has 0 unspecified atom stereocenters. The van der Waals surface area contributed by atoms with Crippen molar-refractivity contribution in [1.82, 2.24) is 0 Å². The number of aliphatic hydroxyl groups is 1. The predicted octanol–water partition coefficient (Wildman–Crippen LogP) is 5.71. The maximum absolute atomic E-state index is 13.9. The van der Waals surface area contributed by atoms with Gasteiger partial charge in [0.2, 0.25) is 5.79 Å². The van der Waals surface area contributed by atoms with Gasteiger partial charge in [-0.3, -0.25) is 4.79 Å². The number of aliphatic hydroxyl groups excluding tert-OH is 1. The van der Waals surface area contributed by atoms with Gasteiger partial charge in [-0.1, -0.05) is 58.9 Å². The Morgan fingerprint density at radius 2 is 1.83 bits per heavy atom. The summed E-state index contributed by atoms with van der Waals surface area (Å²) in [6.07, 6.45) is 5.59. The number of hydrogen-bond acceptors (Lipinski definition) is 5. The molecule has 1 saturated carbocycles. The van der Waals surface area contributed by atoms with E-state index in [4.69, 9.17) is 9.47 Å². The second-order valence-corrected chi connectivity index (χ2v) is 12.8. The van der Waals surface area contributed by atoms with Gasteiger partial charge in [0.25, 0.3) is 0 Å². The highest BCUT2D eigenvalue weighted by molar-refractivity contribution is 6.02. The van der Waals surface area contributed by atoms with Crippen molar-refractivity contribution in [2.24, 2.45) is 17.3 Å². The van der Waals surface area contributed by atoms with Gasteiger partial charge in [0.1, 0.15) is 0 Å². The molecule has 1 aromatic rings. The molecule has 194 valence electrons. The van der Waals surface area contributed by atoms with Crippen LogP contribution in [0.1, 0.15) is 94.8 Å². The average Bonchev–Trinajstić information content (AvgIpc) is 3.14. The summed E-state index contributed by atoms with van der Waals surface area (Å²) >= 11 is 0. The minimum Gasteiger partial charge on any atom is -0.426 e. The first-order chi connectivity index (χ1) is 16.7. The van der Waals surface area contributed by atoms with Crippen molar-refractivity contribution < 1.29 is 24.2 Å².